The fraction of sp³-hybridized carbons (Fsp3) is 0.467. The van der Waals surface area contributed by atoms with E-state index in [2.05, 4.69) is 5.32 Å². The molecule has 6 heteroatoms. The van der Waals surface area contributed by atoms with Crippen molar-refractivity contribution < 1.29 is 24.2 Å². The molecule has 0 bridgehead atoms. The summed E-state index contributed by atoms with van der Waals surface area (Å²) in [5, 5.41) is 11.6. The van der Waals surface area contributed by atoms with Crippen LogP contribution in [0.3, 0.4) is 0 Å². The Morgan fingerprint density at radius 2 is 1.95 bits per heavy atom. The van der Waals surface area contributed by atoms with Crippen molar-refractivity contribution >= 4 is 11.9 Å². The van der Waals surface area contributed by atoms with Crippen molar-refractivity contribution in [1.82, 2.24) is 5.32 Å². The molecule has 0 unspecified atom stereocenters. The van der Waals surface area contributed by atoms with Crippen LogP contribution in [0.1, 0.15) is 31.1 Å². The Kier molecular flexibility index (Phi) is 6.02. The number of ether oxygens (including phenoxy) is 2. The molecule has 0 spiro atoms. The van der Waals surface area contributed by atoms with Gasteiger partial charge in [-0.2, -0.15) is 0 Å². The van der Waals surface area contributed by atoms with Crippen molar-refractivity contribution in [3.8, 4) is 11.5 Å². The Balaban J connectivity index is 2.94. The number of carboxylic acid groups (broad SMARTS) is 1. The Labute approximate surface area is 124 Å². The van der Waals surface area contributed by atoms with Crippen LogP contribution in [0, 0.1) is 5.92 Å². The van der Waals surface area contributed by atoms with E-state index < -0.39 is 17.9 Å². The van der Waals surface area contributed by atoms with Crippen LogP contribution >= 0.6 is 0 Å². The summed E-state index contributed by atoms with van der Waals surface area (Å²) in [6, 6.07) is 3.79. The van der Waals surface area contributed by atoms with Gasteiger partial charge in [0.25, 0.3) is 5.91 Å². The van der Waals surface area contributed by atoms with Gasteiger partial charge in [0, 0.05) is 5.56 Å². The van der Waals surface area contributed by atoms with Gasteiger partial charge >= 0.3 is 5.97 Å². The van der Waals surface area contributed by atoms with Gasteiger partial charge in [0.2, 0.25) is 0 Å². The number of carbonyl (C=O) groups excluding carboxylic acids is 1. The van der Waals surface area contributed by atoms with Gasteiger partial charge < -0.3 is 19.9 Å². The number of methoxy groups -OCH3 is 1. The molecule has 116 valence electrons. The van der Waals surface area contributed by atoms with Crippen LogP contribution in [0.2, 0.25) is 0 Å². The molecule has 0 aliphatic carbocycles. The van der Waals surface area contributed by atoms with Crippen LogP contribution in [-0.4, -0.2) is 36.7 Å². The number of aliphatic carboxylic acids is 1. The zero-order valence-corrected chi connectivity index (χ0v) is 12.7. The van der Waals surface area contributed by atoms with Gasteiger partial charge in [0.15, 0.2) is 11.5 Å². The monoisotopic (exact) mass is 295 g/mol. The maximum absolute atomic E-state index is 12.1. The molecule has 21 heavy (non-hydrogen) atoms. The molecule has 0 aromatic heterocycles. The number of hydrogen-bond acceptors (Lipinski definition) is 4. The molecular formula is C15H21NO5. The minimum atomic E-state index is -1.06. The standard InChI is InChI=1S/C15H21NO5/c1-5-21-11-7-6-10(8-12(11)20-4)14(17)16-13(9(2)3)15(18)19/h6-9,13H,5H2,1-4H3,(H,16,17)(H,18,19)/t13-/m1/s1. The largest absolute Gasteiger partial charge is 0.493 e. The Bertz CT molecular complexity index is 513. The lowest BCUT2D eigenvalue weighted by molar-refractivity contribution is -0.140. The average Bonchev–Trinajstić information content (AvgIpc) is 2.44. The summed E-state index contributed by atoms with van der Waals surface area (Å²) in [5.74, 6) is -0.763. The van der Waals surface area contributed by atoms with Gasteiger partial charge in [-0.3, -0.25) is 4.79 Å². The maximum atomic E-state index is 12.1. The highest BCUT2D eigenvalue weighted by molar-refractivity contribution is 5.97. The lowest BCUT2D eigenvalue weighted by Gasteiger charge is -2.18. The smallest absolute Gasteiger partial charge is 0.326 e. The quantitative estimate of drug-likeness (QED) is 0.803. The summed E-state index contributed by atoms with van der Waals surface area (Å²) in [6.45, 7) is 5.80. The zero-order chi connectivity index (χ0) is 16.0. The van der Waals surface area contributed by atoms with E-state index in [9.17, 15) is 9.59 Å². The SMILES string of the molecule is CCOc1ccc(C(=O)N[C@@H](C(=O)O)C(C)C)cc1OC. The topological polar surface area (TPSA) is 84.9 Å². The predicted octanol–water partition coefficient (Wildman–Crippen LogP) is 1.93. The van der Waals surface area contributed by atoms with Crippen molar-refractivity contribution in [3.05, 3.63) is 23.8 Å². The maximum Gasteiger partial charge on any atom is 0.326 e. The third kappa shape index (κ3) is 4.37. The Hall–Kier alpha value is -2.24. The number of benzene rings is 1. The van der Waals surface area contributed by atoms with Crippen LogP contribution in [0.4, 0.5) is 0 Å². The number of carboxylic acids is 1. The average molecular weight is 295 g/mol. The fourth-order valence-electron chi connectivity index (χ4n) is 1.82. The molecule has 1 aromatic carbocycles. The molecule has 0 aliphatic heterocycles. The molecular weight excluding hydrogens is 274 g/mol. The van der Waals surface area contributed by atoms with Gasteiger partial charge in [0.05, 0.1) is 13.7 Å². The highest BCUT2D eigenvalue weighted by Crippen LogP contribution is 2.28. The molecule has 6 nitrogen and oxygen atoms in total. The van der Waals surface area contributed by atoms with Gasteiger partial charge in [-0.05, 0) is 31.0 Å². The number of hydrogen-bond donors (Lipinski definition) is 2. The zero-order valence-electron chi connectivity index (χ0n) is 12.7. The van der Waals surface area contributed by atoms with E-state index in [1.807, 2.05) is 6.92 Å². The highest BCUT2D eigenvalue weighted by atomic mass is 16.5. The highest BCUT2D eigenvalue weighted by Gasteiger charge is 2.24. The summed E-state index contributed by atoms with van der Waals surface area (Å²) >= 11 is 0. The van der Waals surface area contributed by atoms with Crippen LogP contribution in [0.25, 0.3) is 0 Å². The number of amides is 1. The van der Waals surface area contributed by atoms with Crippen LogP contribution in [0.15, 0.2) is 18.2 Å². The summed E-state index contributed by atoms with van der Waals surface area (Å²) in [4.78, 5) is 23.2. The minimum absolute atomic E-state index is 0.212. The first-order valence-corrected chi connectivity index (χ1v) is 6.75. The Morgan fingerprint density at radius 1 is 1.29 bits per heavy atom. The summed E-state index contributed by atoms with van der Waals surface area (Å²) in [5.41, 5.74) is 0.321. The van der Waals surface area contributed by atoms with E-state index in [1.54, 1.807) is 26.0 Å². The molecule has 0 heterocycles. The Morgan fingerprint density at radius 3 is 2.43 bits per heavy atom. The lowest BCUT2D eigenvalue weighted by Crippen LogP contribution is -2.44. The molecule has 1 aromatic rings. The summed E-state index contributed by atoms with van der Waals surface area (Å²) in [6.07, 6.45) is 0. The van der Waals surface area contributed by atoms with E-state index in [-0.39, 0.29) is 5.92 Å². The van der Waals surface area contributed by atoms with E-state index in [1.165, 1.54) is 13.2 Å². The molecule has 0 saturated heterocycles. The fourth-order valence-corrected chi connectivity index (χ4v) is 1.82. The molecule has 1 amide bonds. The van der Waals surface area contributed by atoms with E-state index in [4.69, 9.17) is 14.6 Å². The van der Waals surface area contributed by atoms with Crippen molar-refractivity contribution in [2.24, 2.45) is 5.92 Å². The molecule has 0 saturated carbocycles. The molecule has 0 fully saturated rings. The number of carbonyl (C=O) groups is 2. The second-order valence-corrected chi connectivity index (χ2v) is 4.83. The number of rotatable bonds is 7. The lowest BCUT2D eigenvalue weighted by atomic mass is 10.0. The van der Waals surface area contributed by atoms with Crippen LogP contribution in [-0.2, 0) is 4.79 Å². The summed E-state index contributed by atoms with van der Waals surface area (Å²) in [7, 11) is 1.48. The van der Waals surface area contributed by atoms with Gasteiger partial charge in [-0.15, -0.1) is 0 Å². The normalized spacial score (nSPS) is 11.9. The molecule has 1 rings (SSSR count). The number of nitrogens with one attached hydrogen (secondary N) is 1. The van der Waals surface area contributed by atoms with Crippen molar-refractivity contribution in [2.45, 2.75) is 26.8 Å². The summed E-state index contributed by atoms with van der Waals surface area (Å²) < 4.78 is 10.5. The van der Waals surface area contributed by atoms with Gasteiger partial charge in [-0.25, -0.2) is 4.79 Å². The molecule has 0 aliphatic rings. The minimum Gasteiger partial charge on any atom is -0.493 e. The first-order valence-electron chi connectivity index (χ1n) is 6.75. The van der Waals surface area contributed by atoms with Crippen LogP contribution in [0.5, 0.6) is 11.5 Å². The second kappa shape index (κ2) is 7.52. The van der Waals surface area contributed by atoms with Crippen molar-refractivity contribution in [2.75, 3.05) is 13.7 Å². The van der Waals surface area contributed by atoms with Crippen molar-refractivity contribution in [1.29, 1.82) is 0 Å². The second-order valence-electron chi connectivity index (χ2n) is 4.83. The predicted molar refractivity (Wildman–Crippen MR) is 77.9 cm³/mol. The molecule has 0 radical (unpaired) electrons. The van der Waals surface area contributed by atoms with E-state index >= 15 is 0 Å². The van der Waals surface area contributed by atoms with Crippen molar-refractivity contribution in [3.63, 3.8) is 0 Å². The van der Waals surface area contributed by atoms with E-state index in [0.29, 0.717) is 23.7 Å². The third-order valence-corrected chi connectivity index (χ3v) is 2.94. The van der Waals surface area contributed by atoms with Crippen LogP contribution < -0.4 is 14.8 Å². The third-order valence-electron chi connectivity index (χ3n) is 2.94. The van der Waals surface area contributed by atoms with E-state index in [0.717, 1.165) is 0 Å². The molecule has 1 atom stereocenters. The molecule has 2 N–H and O–H groups in total. The first-order chi connectivity index (χ1) is 9.90. The van der Waals surface area contributed by atoms with Gasteiger partial charge in [-0.1, -0.05) is 13.8 Å². The van der Waals surface area contributed by atoms with Gasteiger partial charge in [0.1, 0.15) is 6.04 Å². The first kappa shape index (κ1) is 16.8.